The highest BCUT2D eigenvalue weighted by atomic mass is 35.5. The number of Topliss-reactive ketones (excluding diaryl/α,β-unsaturated/α-hetero) is 1. The summed E-state index contributed by atoms with van der Waals surface area (Å²) in [6.07, 6.45) is 5.34. The highest BCUT2D eigenvalue weighted by Crippen LogP contribution is 2.41. The maximum absolute atomic E-state index is 12.2. The lowest BCUT2D eigenvalue weighted by Crippen LogP contribution is -2.33. The van der Waals surface area contributed by atoms with Crippen LogP contribution in [0.2, 0.25) is 5.02 Å². The number of hydrogen-bond donors (Lipinski definition) is 2. The fourth-order valence-electron chi connectivity index (χ4n) is 3.42. The van der Waals surface area contributed by atoms with Gasteiger partial charge in [0.25, 0.3) is 0 Å². The average Bonchev–Trinajstić information content (AvgIpc) is 3.44. The maximum atomic E-state index is 12.2. The van der Waals surface area contributed by atoms with Crippen molar-refractivity contribution >= 4 is 46.5 Å². The van der Waals surface area contributed by atoms with E-state index in [4.69, 9.17) is 16.3 Å². The fourth-order valence-corrected chi connectivity index (χ4v) is 4.59. The number of amides is 1. The molecule has 1 amide bonds. The van der Waals surface area contributed by atoms with E-state index in [0.29, 0.717) is 23.7 Å². The van der Waals surface area contributed by atoms with Crippen molar-refractivity contribution in [1.29, 1.82) is 0 Å². The van der Waals surface area contributed by atoms with E-state index in [9.17, 15) is 9.59 Å². The van der Waals surface area contributed by atoms with Crippen LogP contribution in [0.1, 0.15) is 27.7 Å². The third kappa shape index (κ3) is 5.00. The molecule has 0 saturated heterocycles. The van der Waals surface area contributed by atoms with Gasteiger partial charge in [-0.05, 0) is 60.5 Å². The molecule has 32 heavy (non-hydrogen) atoms. The second kappa shape index (κ2) is 9.54. The molecule has 3 aromatic rings. The highest BCUT2D eigenvalue weighted by molar-refractivity contribution is 7.17. The molecule has 4 rings (SSSR count). The number of thiophene rings is 1. The molecular weight excluding hydrogens is 446 g/mol. The van der Waals surface area contributed by atoms with Crippen molar-refractivity contribution in [3.63, 3.8) is 0 Å². The number of hydrogen-bond acceptors (Lipinski definition) is 6. The predicted molar refractivity (Wildman–Crippen MR) is 129 cm³/mol. The largest absolute Gasteiger partial charge is 0.486 e. The first kappa shape index (κ1) is 22.0. The number of carbonyl (C=O) groups excluding carboxylic acids is 2. The first-order chi connectivity index (χ1) is 15.4. The van der Waals surface area contributed by atoms with Crippen LogP contribution in [-0.2, 0) is 11.2 Å². The molecule has 2 aromatic heterocycles. The third-order valence-corrected chi connectivity index (χ3v) is 6.58. The normalized spacial score (nSPS) is 14.8. The lowest BCUT2D eigenvalue weighted by molar-refractivity contribution is -0.116. The quantitative estimate of drug-likeness (QED) is 0.384. The Morgan fingerprint density at radius 3 is 2.81 bits per heavy atom. The Labute approximate surface area is 195 Å². The molecule has 0 radical (unpaired) electrons. The molecule has 6 nitrogen and oxygen atoms in total. The summed E-state index contributed by atoms with van der Waals surface area (Å²) in [5.41, 5.74) is 2.79. The van der Waals surface area contributed by atoms with E-state index in [-0.39, 0.29) is 17.8 Å². The zero-order valence-electron chi connectivity index (χ0n) is 17.6. The minimum Gasteiger partial charge on any atom is -0.486 e. The second-order valence-electron chi connectivity index (χ2n) is 7.42. The lowest BCUT2D eigenvalue weighted by atomic mass is 10.1. The van der Waals surface area contributed by atoms with Gasteiger partial charge in [0.05, 0.1) is 16.4 Å². The molecule has 1 unspecified atom stereocenters. The molecule has 0 saturated carbocycles. The Morgan fingerprint density at radius 2 is 2.12 bits per heavy atom. The van der Waals surface area contributed by atoms with Crippen molar-refractivity contribution in [1.82, 2.24) is 10.3 Å². The summed E-state index contributed by atoms with van der Waals surface area (Å²) in [7, 11) is 1.80. The molecule has 8 heteroatoms. The van der Waals surface area contributed by atoms with Crippen LogP contribution < -0.4 is 15.4 Å². The van der Waals surface area contributed by atoms with Gasteiger partial charge >= 0.3 is 0 Å². The number of aromatic nitrogens is 1. The molecule has 3 heterocycles. The number of pyridine rings is 1. The minimum absolute atomic E-state index is 0.0490. The van der Waals surface area contributed by atoms with Crippen LogP contribution in [0, 0.1) is 0 Å². The van der Waals surface area contributed by atoms with E-state index in [1.807, 2.05) is 36.4 Å². The summed E-state index contributed by atoms with van der Waals surface area (Å²) >= 11 is 7.91. The molecule has 0 aliphatic carbocycles. The summed E-state index contributed by atoms with van der Waals surface area (Å²) in [5, 5.41) is 6.35. The SMILES string of the molecule is CNc1ccc(/C=C/C(=O)NCC2Cc3cc(-c4ccc(C(C)=O)s4)cc(Cl)c3O2)cn1. The molecule has 1 aliphatic heterocycles. The molecule has 164 valence electrons. The third-order valence-electron chi connectivity index (χ3n) is 5.06. The monoisotopic (exact) mass is 467 g/mol. The molecule has 2 N–H and O–H groups in total. The number of ketones is 1. The van der Waals surface area contributed by atoms with E-state index in [1.54, 1.807) is 26.2 Å². The van der Waals surface area contributed by atoms with Crippen LogP contribution in [0.4, 0.5) is 5.82 Å². The first-order valence-corrected chi connectivity index (χ1v) is 11.3. The standard InChI is InChI=1S/C24H22ClN3O3S/c1-14(29)20-5-6-21(32-20)16-9-17-10-18(31-24(17)19(25)11-16)13-28-23(30)8-4-15-3-7-22(26-2)27-12-15/h3-9,11-12,18H,10,13H2,1-2H3,(H,26,27)(H,28,30)/b8-4+. The zero-order valence-corrected chi connectivity index (χ0v) is 19.2. The van der Waals surface area contributed by atoms with Gasteiger partial charge in [0.1, 0.15) is 17.7 Å². The van der Waals surface area contributed by atoms with Gasteiger partial charge in [-0.3, -0.25) is 9.59 Å². The summed E-state index contributed by atoms with van der Waals surface area (Å²) < 4.78 is 5.97. The highest BCUT2D eigenvalue weighted by Gasteiger charge is 2.26. The van der Waals surface area contributed by atoms with Gasteiger partial charge in [0, 0.05) is 36.2 Å². The summed E-state index contributed by atoms with van der Waals surface area (Å²) in [6, 6.07) is 11.4. The molecular formula is C24H22ClN3O3S. The first-order valence-electron chi connectivity index (χ1n) is 10.1. The zero-order chi connectivity index (χ0) is 22.7. The summed E-state index contributed by atoms with van der Waals surface area (Å²) in [4.78, 5) is 29.7. The van der Waals surface area contributed by atoms with Gasteiger partial charge in [0.2, 0.25) is 5.91 Å². The van der Waals surface area contributed by atoms with Crippen molar-refractivity contribution in [2.75, 3.05) is 18.9 Å². The Morgan fingerprint density at radius 1 is 1.28 bits per heavy atom. The van der Waals surface area contributed by atoms with Crippen LogP contribution in [0.25, 0.3) is 16.5 Å². The molecule has 0 spiro atoms. The van der Waals surface area contributed by atoms with Crippen molar-refractivity contribution < 1.29 is 14.3 Å². The Hall–Kier alpha value is -3.16. The molecule has 0 fully saturated rings. The van der Waals surface area contributed by atoms with Crippen LogP contribution in [-0.4, -0.2) is 36.4 Å². The van der Waals surface area contributed by atoms with E-state index in [0.717, 1.165) is 32.3 Å². The van der Waals surface area contributed by atoms with E-state index in [1.165, 1.54) is 17.4 Å². The number of carbonyl (C=O) groups is 2. The van der Waals surface area contributed by atoms with Crippen molar-refractivity contribution in [2.45, 2.75) is 19.4 Å². The topological polar surface area (TPSA) is 80.3 Å². The number of halogens is 1. The van der Waals surface area contributed by atoms with Crippen molar-refractivity contribution in [2.24, 2.45) is 0 Å². The molecule has 1 aromatic carbocycles. The number of ether oxygens (including phenoxy) is 1. The van der Waals surface area contributed by atoms with Crippen molar-refractivity contribution in [3.05, 3.63) is 69.7 Å². The van der Waals surface area contributed by atoms with Gasteiger partial charge in [0.15, 0.2) is 5.78 Å². The smallest absolute Gasteiger partial charge is 0.244 e. The van der Waals surface area contributed by atoms with E-state index >= 15 is 0 Å². The number of nitrogens with one attached hydrogen (secondary N) is 2. The fraction of sp³-hybridized carbons (Fsp3) is 0.208. The van der Waals surface area contributed by atoms with Crippen LogP contribution in [0.15, 0.2) is 48.7 Å². The van der Waals surface area contributed by atoms with E-state index in [2.05, 4.69) is 15.6 Å². The molecule has 0 bridgehead atoms. The van der Waals surface area contributed by atoms with Gasteiger partial charge in [-0.25, -0.2) is 4.98 Å². The predicted octanol–water partition coefficient (Wildman–Crippen LogP) is 4.84. The maximum Gasteiger partial charge on any atom is 0.244 e. The van der Waals surface area contributed by atoms with Crippen molar-refractivity contribution in [3.8, 4) is 16.2 Å². The van der Waals surface area contributed by atoms with Crippen LogP contribution in [0.3, 0.4) is 0 Å². The van der Waals surface area contributed by atoms with Crippen LogP contribution in [0.5, 0.6) is 5.75 Å². The van der Waals surface area contributed by atoms with Crippen LogP contribution >= 0.6 is 22.9 Å². The number of nitrogens with zero attached hydrogens (tertiary/aromatic N) is 1. The summed E-state index contributed by atoms with van der Waals surface area (Å²) in [5.74, 6) is 1.27. The number of fused-ring (bicyclic) bond motifs is 1. The van der Waals surface area contributed by atoms with E-state index < -0.39 is 0 Å². The lowest BCUT2D eigenvalue weighted by Gasteiger charge is -2.11. The average molecular weight is 468 g/mol. The number of benzene rings is 1. The van der Waals surface area contributed by atoms with Gasteiger partial charge in [-0.15, -0.1) is 11.3 Å². The summed E-state index contributed by atoms with van der Waals surface area (Å²) in [6.45, 7) is 1.93. The van der Waals surface area contributed by atoms with Gasteiger partial charge < -0.3 is 15.4 Å². The molecule has 1 atom stereocenters. The van der Waals surface area contributed by atoms with Gasteiger partial charge in [-0.1, -0.05) is 11.6 Å². The second-order valence-corrected chi connectivity index (χ2v) is 8.91. The number of anilines is 1. The minimum atomic E-state index is -0.204. The Bertz CT molecular complexity index is 1190. The Balaban J connectivity index is 1.36. The Kier molecular flexibility index (Phi) is 6.58. The van der Waals surface area contributed by atoms with Gasteiger partial charge in [-0.2, -0.15) is 0 Å². The number of rotatable bonds is 7. The molecule has 1 aliphatic rings.